The fraction of sp³-hybridized carbons (Fsp3) is 0.396. The lowest BCUT2D eigenvalue weighted by molar-refractivity contribution is -0.136. The van der Waals surface area contributed by atoms with Crippen LogP contribution in [-0.2, 0) is 92.5 Å². The van der Waals surface area contributed by atoms with Crippen molar-refractivity contribution in [3.63, 3.8) is 0 Å². The monoisotopic (exact) mass is 1850 g/mol. The van der Waals surface area contributed by atoms with Gasteiger partial charge in [-0.2, -0.15) is 20.4 Å². The van der Waals surface area contributed by atoms with Gasteiger partial charge < -0.3 is 56.8 Å². The molecule has 0 bridgehead atoms. The Kier molecular flexibility index (Phi) is 24.3. The van der Waals surface area contributed by atoms with Gasteiger partial charge in [-0.3, -0.25) is 57.8 Å². The van der Waals surface area contributed by atoms with Crippen LogP contribution in [0.15, 0.2) is 159 Å². The van der Waals surface area contributed by atoms with Crippen LogP contribution in [0.25, 0.3) is 133 Å². The van der Waals surface area contributed by atoms with Crippen molar-refractivity contribution in [2.75, 3.05) is 81.0 Å². The van der Waals surface area contributed by atoms with Gasteiger partial charge in [0.1, 0.15) is 58.9 Å². The van der Waals surface area contributed by atoms with Crippen LogP contribution in [0, 0.1) is 13.8 Å². The topological polar surface area (TPSA) is 312 Å². The van der Waals surface area contributed by atoms with E-state index in [9.17, 15) is 19.2 Å². The molecule has 4 saturated heterocycles. The summed E-state index contributed by atoms with van der Waals surface area (Å²) >= 11 is 0. The first-order chi connectivity index (χ1) is 66.9. The van der Waals surface area contributed by atoms with E-state index in [0.717, 1.165) is 295 Å². The molecule has 4 atom stereocenters. The molecule has 4 amide bonds. The van der Waals surface area contributed by atoms with Crippen LogP contribution in [0.4, 0.5) is 0 Å². The van der Waals surface area contributed by atoms with Crippen LogP contribution < -0.4 is 0 Å². The summed E-state index contributed by atoms with van der Waals surface area (Å²) in [6.45, 7) is 20.0. The second-order valence-corrected chi connectivity index (χ2v) is 38.3. The van der Waals surface area contributed by atoms with Crippen LogP contribution in [0.1, 0.15) is 184 Å². The van der Waals surface area contributed by atoms with E-state index >= 15 is 0 Å². The van der Waals surface area contributed by atoms with E-state index in [4.69, 9.17) is 58.8 Å². The van der Waals surface area contributed by atoms with Crippen molar-refractivity contribution in [2.24, 2.45) is 28.2 Å². The Morgan fingerprint density at radius 1 is 0.290 bits per heavy atom. The maximum absolute atomic E-state index is 12.9. The second kappa shape index (κ2) is 37.1. The number of hydrogen-bond acceptors (Lipinski definition) is 20. The van der Waals surface area contributed by atoms with Gasteiger partial charge in [0, 0.05) is 237 Å². The lowest BCUT2D eigenvalue weighted by Crippen LogP contribution is -2.40. The molecule has 32 heteroatoms. The van der Waals surface area contributed by atoms with Gasteiger partial charge in [0.25, 0.3) is 0 Å². The summed E-state index contributed by atoms with van der Waals surface area (Å²) in [5.41, 5.74) is 21.6. The Bertz CT molecular complexity index is 6990. The molecular formula is C106H116N24O8. The number of carbonyl (C=O) groups is 4. The van der Waals surface area contributed by atoms with Gasteiger partial charge in [-0.25, -0.2) is 19.9 Å². The van der Waals surface area contributed by atoms with E-state index in [2.05, 4.69) is 136 Å². The molecule has 12 aromatic heterocycles. The molecule has 24 rings (SSSR count). The highest BCUT2D eigenvalue weighted by Crippen LogP contribution is 2.47. The molecule has 708 valence electrons. The van der Waals surface area contributed by atoms with Gasteiger partial charge >= 0.3 is 0 Å². The molecule has 4 fully saturated rings. The van der Waals surface area contributed by atoms with E-state index in [-0.39, 0.29) is 47.8 Å². The van der Waals surface area contributed by atoms with Crippen molar-refractivity contribution in [2.45, 2.75) is 167 Å². The standard InChI is InChI=1S/2C27H30N6O2.2C26H28N6O2/c2*1-16-22(14-32(4)30-16)23-12-19-6-5-7-20(21(19)13-28-23)25-24-15-31(3)27(34)17(2)33(24)26(29-25)18-8-10-35-11-9-18;2*1-16-26(33)30(2)15-23-24(28-25(32(16)23)17-8-11-34-12-9-17)19-6-4-5-18-13-22(27-14-20(18)19)21-7-10-31(3)29-21/h2*5-7,12-14,17-18H,8-11,15H2,1-4H3;2*4-7,10,13-14,16-17H,8-9,11-12,15H2,1-3H3/t2*17-;2*16-/m1010/s1. The SMILES string of the molecule is C[C@@H]1C(=O)N(C)Cc2c(-c3cccc4cc(-c5ccn(C)n5)ncc34)nc(C3CCOCC3)n21.C[C@H]1C(=O)N(C)Cc2c(-c3cccc4cc(-c5ccn(C)n5)ncc34)nc(C3CCOCC3)n21.Cc1nn(C)cc1-c1cc2cccc(-c3nc(C4CCOCC4)n4c3CN(C)C(=O)[C@@H]4C)c2cn1.Cc1nn(C)cc1-c1cc2cccc(-c3nc(C4CCOCC4)n4c3CN(C)C(=O)[C@H]4C)c2cn1. The number of carbonyl (C=O) groups excluding carboxylic acids is 4. The Morgan fingerprint density at radius 2 is 0.536 bits per heavy atom. The molecule has 0 N–H and O–H groups in total. The van der Waals surface area contributed by atoms with Crippen LogP contribution in [-0.4, -0.2) is 222 Å². The summed E-state index contributed by atoms with van der Waals surface area (Å²) in [7, 11) is 15.2. The van der Waals surface area contributed by atoms with E-state index < -0.39 is 0 Å². The number of benzene rings is 4. The number of fused-ring (bicyclic) bond motifs is 8. The zero-order valence-corrected chi connectivity index (χ0v) is 80.8. The first-order valence-electron chi connectivity index (χ1n) is 48.2. The quantitative estimate of drug-likeness (QED) is 0.110. The third-order valence-electron chi connectivity index (χ3n) is 29.1. The molecular weight excluding hydrogens is 1740 g/mol. The van der Waals surface area contributed by atoms with Gasteiger partial charge in [-0.05, 0) is 151 Å². The number of nitrogens with zero attached hydrogens (tertiary/aromatic N) is 24. The van der Waals surface area contributed by atoms with Crippen LogP contribution in [0.3, 0.4) is 0 Å². The van der Waals surface area contributed by atoms with Crippen molar-refractivity contribution in [3.8, 4) is 90.3 Å². The predicted molar refractivity (Wildman–Crippen MR) is 526 cm³/mol. The molecule has 8 aliphatic rings. The molecule has 32 nitrogen and oxygen atoms in total. The smallest absolute Gasteiger partial charge is 0.245 e. The Hall–Kier alpha value is -14.1. The predicted octanol–water partition coefficient (Wildman–Crippen LogP) is 16.3. The minimum absolute atomic E-state index is 0.129. The first kappa shape index (κ1) is 90.4. The summed E-state index contributed by atoms with van der Waals surface area (Å²) < 4.78 is 38.4. The van der Waals surface area contributed by atoms with Gasteiger partial charge in [0.05, 0.1) is 106 Å². The van der Waals surface area contributed by atoms with Crippen LogP contribution in [0.2, 0.25) is 0 Å². The summed E-state index contributed by atoms with van der Waals surface area (Å²) in [5.74, 6) is 5.75. The Morgan fingerprint density at radius 3 is 0.768 bits per heavy atom. The second-order valence-electron chi connectivity index (χ2n) is 38.3. The average Bonchev–Trinajstić information content (AvgIpc) is 1.60. The highest BCUT2D eigenvalue weighted by molar-refractivity contribution is 6.02. The molecule has 20 heterocycles. The number of hydrogen-bond donors (Lipinski definition) is 0. The molecule has 0 saturated carbocycles. The van der Waals surface area contributed by atoms with E-state index in [1.165, 1.54) is 0 Å². The maximum Gasteiger partial charge on any atom is 0.245 e. The van der Waals surface area contributed by atoms with Gasteiger partial charge in [0.2, 0.25) is 23.6 Å². The van der Waals surface area contributed by atoms with Crippen LogP contribution in [0.5, 0.6) is 0 Å². The molecule has 4 aromatic carbocycles. The molecule has 138 heavy (non-hydrogen) atoms. The van der Waals surface area contributed by atoms with Gasteiger partial charge in [0.15, 0.2) is 0 Å². The minimum Gasteiger partial charge on any atom is -0.381 e. The number of likely N-dealkylation sites (N-methyl/N-ethyl adjacent to an activating group) is 4. The van der Waals surface area contributed by atoms with Crippen molar-refractivity contribution < 1.29 is 38.1 Å². The lowest BCUT2D eigenvalue weighted by Gasteiger charge is -2.32. The minimum atomic E-state index is -0.267. The Labute approximate surface area is 800 Å². The molecule has 0 aliphatic carbocycles. The summed E-state index contributed by atoms with van der Waals surface area (Å²) in [4.78, 5) is 98.9. The third-order valence-corrected chi connectivity index (χ3v) is 29.1. The highest BCUT2D eigenvalue weighted by atomic mass is 16.5. The fourth-order valence-electron chi connectivity index (χ4n) is 21.9. The number of aromatic nitrogens is 20. The largest absolute Gasteiger partial charge is 0.381 e. The van der Waals surface area contributed by atoms with Gasteiger partial charge in [-0.1, -0.05) is 72.8 Å². The number of amides is 4. The van der Waals surface area contributed by atoms with E-state index in [0.29, 0.717) is 49.9 Å². The number of imidazole rings is 4. The summed E-state index contributed by atoms with van der Waals surface area (Å²) in [5, 5.41) is 26.6. The highest BCUT2D eigenvalue weighted by Gasteiger charge is 2.42. The van der Waals surface area contributed by atoms with Crippen molar-refractivity contribution >= 4 is 66.7 Å². The molecule has 0 unspecified atom stereocenters. The normalized spacial score (nSPS) is 19.0. The Balaban J connectivity index is 0.000000110. The maximum atomic E-state index is 12.9. The van der Waals surface area contributed by atoms with Crippen molar-refractivity contribution in [3.05, 3.63) is 216 Å². The number of ether oxygens (including phenoxy) is 4. The molecule has 16 aromatic rings. The zero-order chi connectivity index (χ0) is 95.3. The summed E-state index contributed by atoms with van der Waals surface area (Å²) in [6, 6.07) is 36.5. The van der Waals surface area contributed by atoms with Crippen molar-refractivity contribution in [1.29, 1.82) is 0 Å². The fourth-order valence-corrected chi connectivity index (χ4v) is 21.9. The molecule has 8 aliphatic heterocycles. The number of aryl methyl sites for hydroxylation is 6. The summed E-state index contributed by atoms with van der Waals surface area (Å²) in [6.07, 6.45) is 23.0. The zero-order valence-electron chi connectivity index (χ0n) is 80.8. The van der Waals surface area contributed by atoms with Crippen molar-refractivity contribution in [1.82, 2.24) is 117 Å². The number of rotatable bonds is 12. The lowest BCUT2D eigenvalue weighted by atomic mass is 9.98. The van der Waals surface area contributed by atoms with E-state index in [1.54, 1.807) is 9.36 Å². The first-order valence-corrected chi connectivity index (χ1v) is 48.2. The number of pyridine rings is 4. The van der Waals surface area contributed by atoms with Gasteiger partial charge in [-0.15, -0.1) is 0 Å². The third kappa shape index (κ3) is 16.6. The van der Waals surface area contributed by atoms with Crippen LogP contribution >= 0.6 is 0 Å². The molecule has 0 radical (unpaired) electrons. The average molecular weight is 1850 g/mol. The van der Waals surface area contributed by atoms with E-state index in [1.807, 2.05) is 189 Å². The molecule has 0 spiro atoms.